The summed E-state index contributed by atoms with van der Waals surface area (Å²) >= 11 is 0. The normalized spacial score (nSPS) is 24.8. The molecule has 1 heterocycles. The Bertz CT molecular complexity index is 269. The maximum atomic E-state index is 10.8. The molecule has 1 atom stereocenters. The molecular weight excluding hydrogens is 227 g/mol. The first kappa shape index (κ1) is 17.4. The number of carboxylic acids is 1. The molecule has 0 aliphatic carbocycles. The van der Waals surface area contributed by atoms with E-state index < -0.39 is 12.0 Å². The minimum absolute atomic E-state index is 0. The van der Waals surface area contributed by atoms with Gasteiger partial charge >= 0.3 is 35.5 Å². The van der Waals surface area contributed by atoms with E-state index in [0.29, 0.717) is 0 Å². The maximum Gasteiger partial charge on any atom is 1.00 e. The van der Waals surface area contributed by atoms with Crippen LogP contribution in [0.3, 0.4) is 0 Å². The predicted octanol–water partition coefficient (Wildman–Crippen LogP) is -1.53. The van der Waals surface area contributed by atoms with Crippen LogP contribution in [0.2, 0.25) is 0 Å². The van der Waals surface area contributed by atoms with E-state index >= 15 is 0 Å². The van der Waals surface area contributed by atoms with Crippen LogP contribution in [0.25, 0.3) is 0 Å². The maximum absolute atomic E-state index is 10.8. The number of piperidine rings is 1. The number of hydrogen-bond acceptors (Lipinski definition) is 3. The first-order chi connectivity index (χ1) is 7.11. The molecular formula is C12H25N2NaO2. The molecule has 0 bridgehead atoms. The number of hydrogen-bond donors (Lipinski definition) is 3. The average molecular weight is 252 g/mol. The summed E-state index contributed by atoms with van der Waals surface area (Å²) in [5, 5.41) is 15.7. The van der Waals surface area contributed by atoms with Crippen LogP contribution in [-0.2, 0) is 4.79 Å². The molecule has 0 aromatic rings. The van der Waals surface area contributed by atoms with Crippen LogP contribution in [0.15, 0.2) is 0 Å². The zero-order valence-electron chi connectivity index (χ0n) is 12.9. The fraction of sp³-hybridized carbons (Fsp3) is 0.917. The first-order valence-corrected chi connectivity index (χ1v) is 5.89. The number of aliphatic carboxylic acids is 1. The van der Waals surface area contributed by atoms with Gasteiger partial charge in [-0.05, 0) is 47.5 Å². The summed E-state index contributed by atoms with van der Waals surface area (Å²) in [5.41, 5.74) is 0.106. The van der Waals surface area contributed by atoms with E-state index in [0.717, 1.165) is 12.8 Å². The van der Waals surface area contributed by atoms with E-state index in [-0.39, 0.29) is 48.1 Å². The Hall–Kier alpha value is 0.390. The van der Waals surface area contributed by atoms with Crippen molar-refractivity contribution in [1.29, 1.82) is 0 Å². The van der Waals surface area contributed by atoms with Crippen LogP contribution in [-0.4, -0.2) is 34.2 Å². The van der Waals surface area contributed by atoms with Crippen LogP contribution in [0.5, 0.6) is 0 Å². The van der Waals surface area contributed by atoms with Gasteiger partial charge in [0.1, 0.15) is 6.04 Å². The monoisotopic (exact) mass is 252 g/mol. The second kappa shape index (κ2) is 6.02. The Kier molecular flexibility index (Phi) is 6.16. The minimum Gasteiger partial charge on any atom is -1.00 e. The van der Waals surface area contributed by atoms with Crippen LogP contribution >= 0.6 is 0 Å². The summed E-state index contributed by atoms with van der Waals surface area (Å²) in [5.74, 6) is -0.783. The molecule has 0 radical (unpaired) electrons. The number of carboxylic acid groups (broad SMARTS) is 1. The van der Waals surface area contributed by atoms with Gasteiger partial charge in [0.2, 0.25) is 0 Å². The van der Waals surface area contributed by atoms with E-state index in [1.54, 1.807) is 6.92 Å². The fourth-order valence-electron chi connectivity index (χ4n) is 2.86. The zero-order valence-corrected chi connectivity index (χ0v) is 13.9. The molecule has 3 N–H and O–H groups in total. The SMILES string of the molecule is CC(NC1CC(C)(C)NC(C)(C)C1)C(=O)O.[H-].[Na+]. The quantitative estimate of drug-likeness (QED) is 0.534. The smallest absolute Gasteiger partial charge is 1.00 e. The molecule has 0 aromatic heterocycles. The van der Waals surface area contributed by atoms with Crippen molar-refractivity contribution < 1.29 is 40.9 Å². The Morgan fingerprint density at radius 2 is 1.76 bits per heavy atom. The van der Waals surface area contributed by atoms with E-state index in [2.05, 4.69) is 38.3 Å². The van der Waals surface area contributed by atoms with Crippen molar-refractivity contribution >= 4 is 5.97 Å². The topological polar surface area (TPSA) is 61.4 Å². The molecule has 5 heteroatoms. The van der Waals surface area contributed by atoms with Gasteiger partial charge in [0.05, 0.1) is 0 Å². The van der Waals surface area contributed by atoms with E-state index in [1.165, 1.54) is 0 Å². The molecule has 17 heavy (non-hydrogen) atoms. The molecule has 1 unspecified atom stereocenters. The Labute approximate surface area is 128 Å². The molecule has 0 aromatic carbocycles. The molecule has 1 rings (SSSR count). The summed E-state index contributed by atoms with van der Waals surface area (Å²) in [6.45, 7) is 10.3. The second-order valence-corrected chi connectivity index (χ2v) is 6.22. The summed E-state index contributed by atoms with van der Waals surface area (Å²) in [4.78, 5) is 10.8. The van der Waals surface area contributed by atoms with Gasteiger partial charge in [-0.3, -0.25) is 4.79 Å². The van der Waals surface area contributed by atoms with Crippen LogP contribution in [0.1, 0.15) is 48.9 Å². The largest absolute Gasteiger partial charge is 1.00 e. The predicted molar refractivity (Wildman–Crippen MR) is 65.7 cm³/mol. The van der Waals surface area contributed by atoms with Crippen molar-refractivity contribution in [1.82, 2.24) is 10.6 Å². The van der Waals surface area contributed by atoms with Gasteiger partial charge < -0.3 is 17.2 Å². The minimum atomic E-state index is -0.783. The van der Waals surface area contributed by atoms with Gasteiger partial charge in [0.25, 0.3) is 0 Å². The third-order valence-electron chi connectivity index (χ3n) is 3.05. The second-order valence-electron chi connectivity index (χ2n) is 6.22. The van der Waals surface area contributed by atoms with Crippen molar-refractivity contribution in [3.05, 3.63) is 0 Å². The zero-order chi connectivity index (χ0) is 12.6. The van der Waals surface area contributed by atoms with Crippen LogP contribution in [0, 0.1) is 0 Å². The molecule has 4 nitrogen and oxygen atoms in total. The van der Waals surface area contributed by atoms with Gasteiger partial charge in [-0.2, -0.15) is 0 Å². The van der Waals surface area contributed by atoms with Crippen molar-refractivity contribution in [2.24, 2.45) is 0 Å². The molecule has 0 amide bonds. The Morgan fingerprint density at radius 1 is 1.35 bits per heavy atom. The third-order valence-corrected chi connectivity index (χ3v) is 3.05. The molecule has 0 saturated carbocycles. The Morgan fingerprint density at radius 3 is 2.12 bits per heavy atom. The van der Waals surface area contributed by atoms with Gasteiger partial charge in [-0.25, -0.2) is 0 Å². The van der Waals surface area contributed by atoms with Gasteiger partial charge in [-0.15, -0.1) is 0 Å². The van der Waals surface area contributed by atoms with Crippen molar-refractivity contribution in [3.63, 3.8) is 0 Å². The first-order valence-electron chi connectivity index (χ1n) is 5.89. The summed E-state index contributed by atoms with van der Waals surface area (Å²) < 4.78 is 0. The number of rotatable bonds is 3. The van der Waals surface area contributed by atoms with Crippen LogP contribution in [0.4, 0.5) is 0 Å². The molecule has 0 spiro atoms. The molecule has 96 valence electrons. The van der Waals surface area contributed by atoms with Crippen molar-refractivity contribution in [3.8, 4) is 0 Å². The summed E-state index contributed by atoms with van der Waals surface area (Å²) in [6, 6.07) is -0.216. The molecule has 1 fully saturated rings. The van der Waals surface area contributed by atoms with Gasteiger partial charge in [-0.1, -0.05) is 0 Å². The number of nitrogens with one attached hydrogen (secondary N) is 2. The third kappa shape index (κ3) is 5.71. The van der Waals surface area contributed by atoms with Gasteiger partial charge in [0.15, 0.2) is 0 Å². The Balaban J connectivity index is 0. The standard InChI is InChI=1S/C12H24N2O2.Na.H/c1-8(10(15)16)13-9-6-11(2,3)14-12(4,5)7-9;;/h8-9,13-14H,6-7H2,1-5H3,(H,15,16);;/q;+1;-1. The van der Waals surface area contributed by atoms with Crippen LogP contribution < -0.4 is 40.2 Å². The van der Waals surface area contributed by atoms with E-state index in [4.69, 9.17) is 5.11 Å². The van der Waals surface area contributed by atoms with E-state index in [1.807, 2.05) is 0 Å². The number of carbonyl (C=O) groups is 1. The van der Waals surface area contributed by atoms with Gasteiger partial charge in [0, 0.05) is 17.1 Å². The molecule has 1 aliphatic heterocycles. The molecule has 1 saturated heterocycles. The van der Waals surface area contributed by atoms with Crippen molar-refractivity contribution in [2.45, 2.75) is 70.6 Å². The summed E-state index contributed by atoms with van der Waals surface area (Å²) in [6.07, 6.45) is 1.90. The fourth-order valence-corrected chi connectivity index (χ4v) is 2.86. The van der Waals surface area contributed by atoms with E-state index in [9.17, 15) is 4.79 Å². The average Bonchev–Trinajstić information content (AvgIpc) is 1.96. The summed E-state index contributed by atoms with van der Waals surface area (Å²) in [7, 11) is 0. The van der Waals surface area contributed by atoms with Crippen molar-refractivity contribution in [2.75, 3.05) is 0 Å². The molecule has 1 aliphatic rings.